The number of rotatable bonds is 4. The lowest BCUT2D eigenvalue weighted by Crippen LogP contribution is -2.53. The van der Waals surface area contributed by atoms with Crippen molar-refractivity contribution in [2.45, 2.75) is 43.0 Å². The molecule has 1 aliphatic heterocycles. The van der Waals surface area contributed by atoms with Crippen molar-refractivity contribution in [2.24, 2.45) is 5.92 Å². The monoisotopic (exact) mass is 413 g/mol. The summed E-state index contributed by atoms with van der Waals surface area (Å²) in [5.41, 5.74) is 1.74. The Kier molecular flexibility index (Phi) is 5.73. The highest BCUT2D eigenvalue weighted by molar-refractivity contribution is 6.24. The number of nitrogens with zero attached hydrogens (tertiary/aromatic N) is 1. The lowest BCUT2D eigenvalue weighted by atomic mass is 9.68. The average molecular weight is 414 g/mol. The molecule has 1 heterocycles. The number of methoxy groups -OCH3 is 2. The average Bonchev–Trinajstić information content (AvgIpc) is 2.77. The van der Waals surface area contributed by atoms with Gasteiger partial charge in [0.05, 0.1) is 25.1 Å². The number of alkyl halides is 1. The number of carbonyl (C=O) groups is 1. The number of ether oxygens (including phenoxy) is 2. The maximum absolute atomic E-state index is 13.7. The number of halogens is 1. The topological polar surface area (TPSA) is 38.8 Å². The van der Waals surface area contributed by atoms with Gasteiger partial charge in [-0.2, -0.15) is 0 Å². The molecule has 0 aromatic heterocycles. The van der Waals surface area contributed by atoms with E-state index < -0.39 is 0 Å². The van der Waals surface area contributed by atoms with Gasteiger partial charge < -0.3 is 14.4 Å². The van der Waals surface area contributed by atoms with Crippen LogP contribution in [0.3, 0.4) is 0 Å². The van der Waals surface area contributed by atoms with Crippen LogP contribution in [0.2, 0.25) is 0 Å². The molecule has 2 aliphatic rings. The van der Waals surface area contributed by atoms with Gasteiger partial charge in [-0.15, -0.1) is 11.6 Å². The van der Waals surface area contributed by atoms with E-state index in [1.165, 1.54) is 6.42 Å². The molecule has 2 fully saturated rings. The SMILES string of the molecule is COc1cc(OC)cc(C(=O)N2CC[C@]3(Cl)CCCC[C@H]3[C@@H]2c2ccccc2)c1. The molecule has 1 saturated heterocycles. The number of hydrogen-bond donors (Lipinski definition) is 0. The van der Waals surface area contributed by atoms with Gasteiger partial charge in [-0.05, 0) is 37.0 Å². The Balaban J connectivity index is 1.74. The second-order valence-electron chi connectivity index (χ2n) is 8.09. The number of likely N-dealkylation sites (tertiary alicyclic amines) is 1. The normalized spacial score (nSPS) is 26.5. The zero-order valence-electron chi connectivity index (χ0n) is 17.1. The molecule has 0 unspecified atom stereocenters. The molecule has 0 radical (unpaired) electrons. The maximum atomic E-state index is 13.7. The van der Waals surface area contributed by atoms with Crippen LogP contribution < -0.4 is 9.47 Å². The summed E-state index contributed by atoms with van der Waals surface area (Å²) >= 11 is 7.15. The molecule has 4 rings (SSSR count). The third kappa shape index (κ3) is 3.83. The highest BCUT2D eigenvalue weighted by Gasteiger charge is 2.50. The Bertz CT molecular complexity index is 849. The maximum Gasteiger partial charge on any atom is 0.254 e. The second-order valence-corrected chi connectivity index (χ2v) is 8.85. The van der Waals surface area contributed by atoms with Crippen molar-refractivity contribution in [3.8, 4) is 11.5 Å². The largest absolute Gasteiger partial charge is 0.497 e. The van der Waals surface area contributed by atoms with E-state index in [4.69, 9.17) is 21.1 Å². The zero-order valence-corrected chi connectivity index (χ0v) is 17.8. The van der Waals surface area contributed by atoms with Crippen LogP contribution >= 0.6 is 11.6 Å². The van der Waals surface area contributed by atoms with Gasteiger partial charge in [-0.1, -0.05) is 43.2 Å². The highest BCUT2D eigenvalue weighted by atomic mass is 35.5. The van der Waals surface area contributed by atoms with Crippen molar-refractivity contribution in [3.05, 3.63) is 59.7 Å². The van der Waals surface area contributed by atoms with Crippen molar-refractivity contribution >= 4 is 17.5 Å². The molecular formula is C24H28ClNO3. The number of hydrogen-bond acceptors (Lipinski definition) is 3. The van der Waals surface area contributed by atoms with Crippen LogP contribution in [0.4, 0.5) is 0 Å². The molecule has 2 aromatic carbocycles. The molecule has 0 spiro atoms. The van der Waals surface area contributed by atoms with Gasteiger partial charge in [0.15, 0.2) is 0 Å². The summed E-state index contributed by atoms with van der Waals surface area (Å²) in [5, 5.41) is 0. The van der Waals surface area contributed by atoms with Crippen LogP contribution in [0.15, 0.2) is 48.5 Å². The van der Waals surface area contributed by atoms with Crippen LogP contribution in [0.5, 0.6) is 11.5 Å². The molecule has 29 heavy (non-hydrogen) atoms. The van der Waals surface area contributed by atoms with Crippen LogP contribution in [-0.2, 0) is 0 Å². The van der Waals surface area contributed by atoms with Crippen molar-refractivity contribution < 1.29 is 14.3 Å². The van der Waals surface area contributed by atoms with E-state index in [1.807, 2.05) is 23.1 Å². The molecule has 1 amide bonds. The van der Waals surface area contributed by atoms with E-state index in [9.17, 15) is 4.79 Å². The molecule has 1 aliphatic carbocycles. The molecule has 0 N–H and O–H groups in total. The van der Waals surface area contributed by atoms with Crippen molar-refractivity contribution in [1.29, 1.82) is 0 Å². The van der Waals surface area contributed by atoms with Gasteiger partial charge >= 0.3 is 0 Å². The summed E-state index contributed by atoms with van der Waals surface area (Å²) < 4.78 is 10.8. The number of carbonyl (C=O) groups excluding carboxylic acids is 1. The van der Waals surface area contributed by atoms with Gasteiger partial charge in [0, 0.05) is 24.1 Å². The first-order valence-electron chi connectivity index (χ1n) is 10.3. The van der Waals surface area contributed by atoms with Crippen LogP contribution in [0.1, 0.15) is 54.1 Å². The molecular weight excluding hydrogens is 386 g/mol. The Labute approximate surface area is 177 Å². The zero-order chi connectivity index (χ0) is 20.4. The van der Waals surface area contributed by atoms with Crippen molar-refractivity contribution in [3.63, 3.8) is 0 Å². The molecule has 4 nitrogen and oxygen atoms in total. The fourth-order valence-corrected chi connectivity index (χ4v) is 5.47. The molecule has 1 saturated carbocycles. The number of amides is 1. The smallest absolute Gasteiger partial charge is 0.254 e. The van der Waals surface area contributed by atoms with Gasteiger partial charge in [0.1, 0.15) is 11.5 Å². The summed E-state index contributed by atoms with van der Waals surface area (Å²) in [6.45, 7) is 0.651. The fraction of sp³-hybridized carbons (Fsp3) is 0.458. The number of fused-ring (bicyclic) bond motifs is 1. The fourth-order valence-electron chi connectivity index (χ4n) is 5.03. The highest BCUT2D eigenvalue weighted by Crippen LogP contribution is 2.53. The Morgan fingerprint density at radius 2 is 1.72 bits per heavy atom. The Morgan fingerprint density at radius 1 is 1.03 bits per heavy atom. The van der Waals surface area contributed by atoms with Crippen LogP contribution in [-0.4, -0.2) is 36.4 Å². The van der Waals surface area contributed by atoms with Crippen molar-refractivity contribution in [2.75, 3.05) is 20.8 Å². The lowest BCUT2D eigenvalue weighted by Gasteiger charge is -2.52. The first kappa shape index (κ1) is 20.1. The molecule has 154 valence electrons. The summed E-state index contributed by atoms with van der Waals surface area (Å²) in [6.07, 6.45) is 5.24. The Morgan fingerprint density at radius 3 is 2.38 bits per heavy atom. The summed E-state index contributed by atoms with van der Waals surface area (Å²) in [5.74, 6) is 1.49. The summed E-state index contributed by atoms with van der Waals surface area (Å²) in [7, 11) is 3.20. The van der Waals surface area contributed by atoms with E-state index in [2.05, 4.69) is 12.1 Å². The van der Waals surface area contributed by atoms with Crippen LogP contribution in [0, 0.1) is 5.92 Å². The quantitative estimate of drug-likeness (QED) is 0.625. The standard InChI is InChI=1S/C24H28ClNO3/c1-28-19-14-18(15-20(16-19)29-2)23(27)26-13-12-24(25)11-7-6-10-21(24)22(26)17-8-4-3-5-9-17/h3-5,8-9,14-16,21-22H,6-7,10-13H2,1-2H3/t21-,22-,24+/m0/s1. The third-order valence-corrected chi connectivity index (χ3v) is 7.17. The first-order chi connectivity index (χ1) is 14.1. The van der Waals surface area contributed by atoms with Crippen LogP contribution in [0.25, 0.3) is 0 Å². The van der Waals surface area contributed by atoms with E-state index >= 15 is 0 Å². The third-order valence-electron chi connectivity index (χ3n) is 6.51. The van der Waals surface area contributed by atoms with Gasteiger partial charge in [-0.25, -0.2) is 0 Å². The molecule has 5 heteroatoms. The summed E-state index contributed by atoms with van der Waals surface area (Å²) in [6, 6.07) is 15.7. The molecule has 0 bridgehead atoms. The summed E-state index contributed by atoms with van der Waals surface area (Å²) in [4.78, 5) is 15.5. The Hall–Kier alpha value is -2.20. The van der Waals surface area contributed by atoms with E-state index in [-0.39, 0.29) is 22.7 Å². The van der Waals surface area contributed by atoms with Crippen molar-refractivity contribution in [1.82, 2.24) is 4.90 Å². The second kappa shape index (κ2) is 8.27. The van der Waals surface area contributed by atoms with E-state index in [0.717, 1.165) is 31.2 Å². The van der Waals surface area contributed by atoms with Gasteiger partial charge in [0.2, 0.25) is 0 Å². The predicted octanol–water partition coefficient (Wildman–Crippen LogP) is 5.46. The molecule has 2 aromatic rings. The molecule has 3 atom stereocenters. The van der Waals surface area contributed by atoms with E-state index in [1.54, 1.807) is 32.4 Å². The minimum Gasteiger partial charge on any atom is -0.497 e. The number of piperidine rings is 1. The first-order valence-corrected chi connectivity index (χ1v) is 10.7. The lowest BCUT2D eigenvalue weighted by molar-refractivity contribution is 0.0279. The minimum absolute atomic E-state index is 0.000318. The van der Waals surface area contributed by atoms with Gasteiger partial charge in [0.25, 0.3) is 5.91 Å². The number of benzene rings is 2. The minimum atomic E-state index is -0.221. The van der Waals surface area contributed by atoms with Gasteiger partial charge in [-0.3, -0.25) is 4.79 Å². The van der Waals surface area contributed by atoms with E-state index in [0.29, 0.717) is 23.6 Å². The predicted molar refractivity (Wildman–Crippen MR) is 115 cm³/mol.